The van der Waals surface area contributed by atoms with E-state index < -0.39 is 0 Å². The molecule has 0 aliphatic carbocycles. The van der Waals surface area contributed by atoms with Crippen molar-refractivity contribution in [3.63, 3.8) is 0 Å². The van der Waals surface area contributed by atoms with Gasteiger partial charge < -0.3 is 5.32 Å². The summed E-state index contributed by atoms with van der Waals surface area (Å²) in [6, 6.07) is 0. The van der Waals surface area contributed by atoms with Crippen LogP contribution < -0.4 is 5.32 Å². The highest BCUT2D eigenvalue weighted by molar-refractivity contribution is 5.75. The fourth-order valence-corrected chi connectivity index (χ4v) is 0.614. The molecule has 0 aromatic carbocycles. The van der Waals surface area contributed by atoms with Gasteiger partial charge in [0.1, 0.15) is 0 Å². The lowest BCUT2D eigenvalue weighted by Crippen LogP contribution is -2.19. The van der Waals surface area contributed by atoms with Crippen LogP contribution in [-0.2, 0) is 4.79 Å². The van der Waals surface area contributed by atoms with E-state index in [-0.39, 0.29) is 11.3 Å². The second kappa shape index (κ2) is 3.59. The highest BCUT2D eigenvalue weighted by Crippen LogP contribution is 2.19. The molecule has 0 aliphatic rings. The highest BCUT2D eigenvalue weighted by atomic mass is 16.1. The Morgan fingerprint density at radius 1 is 1.40 bits per heavy atom. The van der Waals surface area contributed by atoms with Gasteiger partial charge >= 0.3 is 0 Å². The second-order valence-corrected chi connectivity index (χ2v) is 3.73. The number of hydrogen-bond donors (Lipinski definition) is 1. The maximum atomic E-state index is 10.7. The van der Waals surface area contributed by atoms with E-state index in [2.05, 4.69) is 26.1 Å². The van der Waals surface area contributed by atoms with Gasteiger partial charge in [0.25, 0.3) is 0 Å². The molecule has 1 amide bonds. The Balaban J connectivity index is 3.46. The van der Waals surface area contributed by atoms with Crippen molar-refractivity contribution in [3.8, 4) is 0 Å². The van der Waals surface area contributed by atoms with E-state index in [0.29, 0.717) is 6.42 Å². The minimum Gasteiger partial charge on any atom is -0.359 e. The summed E-state index contributed by atoms with van der Waals surface area (Å²) in [5.41, 5.74) is 0.270. The Morgan fingerprint density at radius 2 is 1.90 bits per heavy atom. The van der Waals surface area contributed by atoms with E-state index in [4.69, 9.17) is 0 Å². The highest BCUT2D eigenvalue weighted by Gasteiger charge is 2.11. The quantitative estimate of drug-likeness (QED) is 0.624. The Morgan fingerprint density at radius 3 is 2.20 bits per heavy atom. The van der Waals surface area contributed by atoms with Crippen LogP contribution >= 0.6 is 0 Å². The van der Waals surface area contributed by atoms with Gasteiger partial charge in [-0.2, -0.15) is 0 Å². The van der Waals surface area contributed by atoms with Crippen LogP contribution in [0.2, 0.25) is 0 Å². The molecular weight excluding hydrogens is 126 g/mol. The number of amides is 1. The van der Waals surface area contributed by atoms with Crippen LogP contribution in [0.4, 0.5) is 0 Å². The molecule has 60 valence electrons. The number of nitrogens with one attached hydrogen (secondary N) is 1. The predicted octanol–water partition coefficient (Wildman–Crippen LogP) is 1.56. The summed E-state index contributed by atoms with van der Waals surface area (Å²) in [7, 11) is 1.67. The third kappa shape index (κ3) is 5.60. The van der Waals surface area contributed by atoms with Gasteiger partial charge in [0.15, 0.2) is 0 Å². The molecule has 0 atom stereocenters. The van der Waals surface area contributed by atoms with Crippen LogP contribution in [-0.4, -0.2) is 13.0 Å². The van der Waals surface area contributed by atoms with Gasteiger partial charge in [0, 0.05) is 13.5 Å². The lowest BCUT2D eigenvalue weighted by atomic mass is 9.90. The predicted molar refractivity (Wildman–Crippen MR) is 42.8 cm³/mol. The first-order chi connectivity index (χ1) is 4.45. The molecule has 2 nitrogen and oxygen atoms in total. The summed E-state index contributed by atoms with van der Waals surface area (Å²) >= 11 is 0. The molecule has 0 radical (unpaired) electrons. The molecule has 0 aliphatic heterocycles. The van der Waals surface area contributed by atoms with Crippen molar-refractivity contribution in [2.75, 3.05) is 7.05 Å². The molecule has 0 aromatic rings. The molecule has 0 rings (SSSR count). The maximum Gasteiger partial charge on any atom is 0.219 e. The topological polar surface area (TPSA) is 29.1 Å². The Kier molecular flexibility index (Phi) is 3.40. The summed E-state index contributed by atoms with van der Waals surface area (Å²) in [6.45, 7) is 6.40. The average Bonchev–Trinajstić information content (AvgIpc) is 1.81. The van der Waals surface area contributed by atoms with Crippen molar-refractivity contribution >= 4 is 5.91 Å². The SMILES string of the molecule is CNC(=O)CCC(C)(C)C. The van der Waals surface area contributed by atoms with Crippen molar-refractivity contribution in [1.82, 2.24) is 5.32 Å². The second-order valence-electron chi connectivity index (χ2n) is 3.73. The van der Waals surface area contributed by atoms with Gasteiger partial charge in [0.2, 0.25) is 5.91 Å². The molecular formula is C8H17NO. The normalized spacial score (nSPS) is 11.2. The molecule has 0 bridgehead atoms. The van der Waals surface area contributed by atoms with Gasteiger partial charge in [-0.25, -0.2) is 0 Å². The number of carbonyl (C=O) groups excluding carboxylic acids is 1. The summed E-state index contributed by atoms with van der Waals surface area (Å²) in [5.74, 6) is 0.134. The molecule has 0 unspecified atom stereocenters. The smallest absolute Gasteiger partial charge is 0.219 e. The summed E-state index contributed by atoms with van der Waals surface area (Å²) in [6.07, 6.45) is 1.59. The van der Waals surface area contributed by atoms with E-state index in [0.717, 1.165) is 6.42 Å². The van der Waals surface area contributed by atoms with Crippen LogP contribution in [0.5, 0.6) is 0 Å². The summed E-state index contributed by atoms with van der Waals surface area (Å²) in [4.78, 5) is 10.7. The van der Waals surface area contributed by atoms with Gasteiger partial charge in [-0.1, -0.05) is 20.8 Å². The fourth-order valence-electron chi connectivity index (χ4n) is 0.614. The number of carbonyl (C=O) groups is 1. The Hall–Kier alpha value is -0.530. The van der Waals surface area contributed by atoms with E-state index in [1.807, 2.05) is 0 Å². The summed E-state index contributed by atoms with van der Waals surface area (Å²) < 4.78 is 0. The Labute approximate surface area is 63.0 Å². The monoisotopic (exact) mass is 143 g/mol. The third-order valence-electron chi connectivity index (χ3n) is 1.38. The van der Waals surface area contributed by atoms with Crippen molar-refractivity contribution in [2.45, 2.75) is 33.6 Å². The molecule has 10 heavy (non-hydrogen) atoms. The third-order valence-corrected chi connectivity index (χ3v) is 1.38. The van der Waals surface area contributed by atoms with Gasteiger partial charge in [-0.3, -0.25) is 4.79 Å². The first-order valence-electron chi connectivity index (χ1n) is 3.66. The molecule has 0 saturated heterocycles. The minimum absolute atomic E-state index is 0.134. The number of rotatable bonds is 2. The van der Waals surface area contributed by atoms with E-state index >= 15 is 0 Å². The average molecular weight is 143 g/mol. The van der Waals surface area contributed by atoms with E-state index in [1.165, 1.54) is 0 Å². The molecule has 1 N–H and O–H groups in total. The lowest BCUT2D eigenvalue weighted by molar-refractivity contribution is -0.121. The van der Waals surface area contributed by atoms with E-state index in [9.17, 15) is 4.79 Å². The van der Waals surface area contributed by atoms with Crippen LogP contribution in [0.25, 0.3) is 0 Å². The largest absolute Gasteiger partial charge is 0.359 e. The maximum absolute atomic E-state index is 10.7. The van der Waals surface area contributed by atoms with Gasteiger partial charge in [0.05, 0.1) is 0 Å². The molecule has 0 heterocycles. The zero-order valence-electron chi connectivity index (χ0n) is 7.32. The molecule has 0 spiro atoms. The van der Waals surface area contributed by atoms with Crippen LogP contribution in [0.1, 0.15) is 33.6 Å². The fraction of sp³-hybridized carbons (Fsp3) is 0.875. The first kappa shape index (κ1) is 9.47. The van der Waals surface area contributed by atoms with Crippen molar-refractivity contribution in [3.05, 3.63) is 0 Å². The first-order valence-corrected chi connectivity index (χ1v) is 3.66. The molecule has 0 saturated carbocycles. The zero-order valence-corrected chi connectivity index (χ0v) is 7.32. The molecule has 0 aromatic heterocycles. The zero-order chi connectivity index (χ0) is 8.20. The Bertz CT molecular complexity index is 113. The summed E-state index contributed by atoms with van der Waals surface area (Å²) in [5, 5.41) is 2.60. The van der Waals surface area contributed by atoms with E-state index in [1.54, 1.807) is 7.05 Å². The van der Waals surface area contributed by atoms with Gasteiger partial charge in [-0.15, -0.1) is 0 Å². The van der Waals surface area contributed by atoms with Crippen LogP contribution in [0, 0.1) is 5.41 Å². The van der Waals surface area contributed by atoms with Crippen LogP contribution in [0.3, 0.4) is 0 Å². The van der Waals surface area contributed by atoms with Gasteiger partial charge in [-0.05, 0) is 11.8 Å². The van der Waals surface area contributed by atoms with Crippen molar-refractivity contribution in [1.29, 1.82) is 0 Å². The van der Waals surface area contributed by atoms with Crippen molar-refractivity contribution in [2.24, 2.45) is 5.41 Å². The van der Waals surface area contributed by atoms with Crippen molar-refractivity contribution < 1.29 is 4.79 Å². The van der Waals surface area contributed by atoms with Crippen LogP contribution in [0.15, 0.2) is 0 Å². The standard InChI is InChI=1S/C8H17NO/c1-8(2,3)6-5-7(10)9-4/h5-6H2,1-4H3,(H,9,10). The molecule has 2 heteroatoms. The lowest BCUT2D eigenvalue weighted by Gasteiger charge is -2.16. The minimum atomic E-state index is 0.134. The molecule has 0 fully saturated rings. The number of hydrogen-bond acceptors (Lipinski definition) is 1.